The lowest BCUT2D eigenvalue weighted by atomic mass is 10.0. The van der Waals surface area contributed by atoms with Gasteiger partial charge in [0, 0.05) is 4.90 Å². The molecular weight excluding hydrogens is 364 g/mol. The summed E-state index contributed by atoms with van der Waals surface area (Å²) in [7, 11) is 3.42. The molecule has 0 aliphatic heterocycles. The molecule has 0 unspecified atom stereocenters. The van der Waals surface area contributed by atoms with Crippen molar-refractivity contribution in [2.24, 2.45) is 0 Å². The van der Waals surface area contributed by atoms with Gasteiger partial charge in [0.2, 0.25) is 0 Å². The van der Waals surface area contributed by atoms with Crippen LogP contribution in [0.15, 0.2) is 88.7 Å². The number of aryl methyl sites for hydroxylation is 1. The predicted octanol–water partition coefficient (Wildman–Crippen LogP) is 6.98. The topological polar surface area (TPSA) is 18.5 Å². The fraction of sp³-hybridized carbons (Fsp3) is 0.120. The lowest BCUT2D eigenvalue weighted by Gasteiger charge is -2.13. The largest absolute Gasteiger partial charge is 0.497 e. The van der Waals surface area contributed by atoms with Gasteiger partial charge in [0.25, 0.3) is 0 Å². The van der Waals surface area contributed by atoms with E-state index in [4.69, 9.17) is 9.47 Å². The fourth-order valence-electron chi connectivity index (χ4n) is 3.25. The standard InChI is InChI=1S/C25H22O2S/c1-17-7-11-22(12-8-17)28-25-23-13-9-19(15-20(23)10-14-24(25)27-3)18-5-4-6-21(16-18)26-2/h4-16H,1-3H3. The monoisotopic (exact) mass is 386 g/mol. The summed E-state index contributed by atoms with van der Waals surface area (Å²) in [6, 6.07) is 27.5. The highest BCUT2D eigenvalue weighted by molar-refractivity contribution is 7.99. The average molecular weight is 387 g/mol. The zero-order valence-electron chi connectivity index (χ0n) is 16.2. The number of hydrogen-bond acceptors (Lipinski definition) is 3. The van der Waals surface area contributed by atoms with Crippen LogP contribution in [0.25, 0.3) is 21.9 Å². The average Bonchev–Trinajstić information content (AvgIpc) is 2.75. The summed E-state index contributed by atoms with van der Waals surface area (Å²) in [5, 5.41) is 2.38. The molecule has 0 heterocycles. The molecule has 0 atom stereocenters. The van der Waals surface area contributed by atoms with Gasteiger partial charge in [-0.05, 0) is 65.2 Å². The van der Waals surface area contributed by atoms with Crippen molar-refractivity contribution in [1.82, 2.24) is 0 Å². The molecule has 0 aliphatic carbocycles. The molecule has 3 heteroatoms. The Kier molecular flexibility index (Phi) is 5.27. The molecule has 0 fully saturated rings. The Bertz CT molecular complexity index is 1120. The highest BCUT2D eigenvalue weighted by Gasteiger charge is 2.11. The highest BCUT2D eigenvalue weighted by atomic mass is 32.2. The predicted molar refractivity (Wildman–Crippen MR) is 118 cm³/mol. The van der Waals surface area contributed by atoms with Crippen LogP contribution in [0.4, 0.5) is 0 Å². The molecule has 0 radical (unpaired) electrons. The Morgan fingerprint density at radius 1 is 0.714 bits per heavy atom. The molecule has 28 heavy (non-hydrogen) atoms. The number of rotatable bonds is 5. The minimum Gasteiger partial charge on any atom is -0.497 e. The Labute approximate surface area is 170 Å². The van der Waals surface area contributed by atoms with E-state index in [0.29, 0.717) is 0 Å². The van der Waals surface area contributed by atoms with Gasteiger partial charge in [-0.25, -0.2) is 0 Å². The van der Waals surface area contributed by atoms with E-state index in [1.54, 1.807) is 26.0 Å². The second kappa shape index (κ2) is 7.99. The normalized spacial score (nSPS) is 10.8. The van der Waals surface area contributed by atoms with Crippen molar-refractivity contribution in [2.45, 2.75) is 16.7 Å². The molecule has 0 spiro atoms. The molecule has 0 aliphatic rings. The van der Waals surface area contributed by atoms with Gasteiger partial charge >= 0.3 is 0 Å². The van der Waals surface area contributed by atoms with Crippen molar-refractivity contribution in [3.63, 3.8) is 0 Å². The van der Waals surface area contributed by atoms with Crippen LogP contribution in [0.5, 0.6) is 11.5 Å². The molecular formula is C25H22O2S. The minimum absolute atomic E-state index is 0.864. The van der Waals surface area contributed by atoms with Crippen molar-refractivity contribution in [3.8, 4) is 22.6 Å². The maximum Gasteiger partial charge on any atom is 0.133 e. The van der Waals surface area contributed by atoms with E-state index < -0.39 is 0 Å². The Morgan fingerprint density at radius 2 is 1.50 bits per heavy atom. The SMILES string of the molecule is COc1cccc(-c2ccc3c(Sc4ccc(C)cc4)c(OC)ccc3c2)c1. The molecule has 140 valence electrons. The first kappa shape index (κ1) is 18.5. The van der Waals surface area contributed by atoms with E-state index in [1.807, 2.05) is 18.2 Å². The number of methoxy groups -OCH3 is 2. The van der Waals surface area contributed by atoms with Crippen LogP contribution in [0.1, 0.15) is 5.56 Å². The molecule has 4 aromatic carbocycles. The van der Waals surface area contributed by atoms with Crippen molar-refractivity contribution >= 4 is 22.5 Å². The summed E-state index contributed by atoms with van der Waals surface area (Å²) < 4.78 is 11.0. The van der Waals surface area contributed by atoms with Gasteiger partial charge in [0.05, 0.1) is 19.1 Å². The molecule has 0 N–H and O–H groups in total. The quantitative estimate of drug-likeness (QED) is 0.368. The summed E-state index contributed by atoms with van der Waals surface area (Å²) in [5.41, 5.74) is 3.57. The van der Waals surface area contributed by atoms with Crippen LogP contribution in [0.2, 0.25) is 0 Å². The molecule has 0 aromatic heterocycles. The molecule has 0 saturated carbocycles. The summed E-state index contributed by atoms with van der Waals surface area (Å²) in [6.45, 7) is 2.10. The third-order valence-electron chi connectivity index (χ3n) is 4.80. The van der Waals surface area contributed by atoms with E-state index in [2.05, 4.69) is 67.6 Å². The summed E-state index contributed by atoms with van der Waals surface area (Å²) in [5.74, 6) is 1.76. The van der Waals surface area contributed by atoms with E-state index in [0.717, 1.165) is 22.0 Å². The first-order valence-corrected chi connectivity index (χ1v) is 9.99. The zero-order valence-corrected chi connectivity index (χ0v) is 17.0. The smallest absolute Gasteiger partial charge is 0.133 e. The lowest BCUT2D eigenvalue weighted by molar-refractivity contribution is 0.406. The van der Waals surface area contributed by atoms with Crippen LogP contribution in [0.3, 0.4) is 0 Å². The lowest BCUT2D eigenvalue weighted by Crippen LogP contribution is -1.89. The third-order valence-corrected chi connectivity index (χ3v) is 5.93. The van der Waals surface area contributed by atoms with Crippen molar-refractivity contribution in [3.05, 3.63) is 84.4 Å². The number of benzene rings is 4. The first-order valence-electron chi connectivity index (χ1n) is 9.17. The van der Waals surface area contributed by atoms with Gasteiger partial charge < -0.3 is 9.47 Å². The first-order chi connectivity index (χ1) is 13.7. The summed E-state index contributed by atoms with van der Waals surface area (Å²) >= 11 is 1.74. The molecule has 4 aromatic rings. The summed E-state index contributed by atoms with van der Waals surface area (Å²) in [4.78, 5) is 2.34. The maximum absolute atomic E-state index is 5.66. The van der Waals surface area contributed by atoms with Gasteiger partial charge in [-0.1, -0.05) is 59.8 Å². The van der Waals surface area contributed by atoms with Gasteiger partial charge in [0.15, 0.2) is 0 Å². The van der Waals surface area contributed by atoms with Crippen molar-refractivity contribution in [1.29, 1.82) is 0 Å². The van der Waals surface area contributed by atoms with E-state index in [-0.39, 0.29) is 0 Å². The molecule has 4 rings (SSSR count). The van der Waals surface area contributed by atoms with Gasteiger partial charge in [-0.2, -0.15) is 0 Å². The van der Waals surface area contributed by atoms with Crippen molar-refractivity contribution < 1.29 is 9.47 Å². The Balaban J connectivity index is 1.79. The zero-order chi connectivity index (χ0) is 19.5. The number of ether oxygens (including phenoxy) is 2. The van der Waals surface area contributed by atoms with Crippen LogP contribution < -0.4 is 9.47 Å². The van der Waals surface area contributed by atoms with Crippen LogP contribution >= 0.6 is 11.8 Å². The van der Waals surface area contributed by atoms with Crippen LogP contribution in [-0.4, -0.2) is 14.2 Å². The third kappa shape index (κ3) is 3.71. The fourth-order valence-corrected chi connectivity index (χ4v) is 4.31. The van der Waals surface area contributed by atoms with E-state index in [9.17, 15) is 0 Å². The Hall–Kier alpha value is -2.91. The van der Waals surface area contributed by atoms with Crippen molar-refractivity contribution in [2.75, 3.05) is 14.2 Å². The molecule has 0 saturated heterocycles. The van der Waals surface area contributed by atoms with Crippen LogP contribution in [0, 0.1) is 6.92 Å². The Morgan fingerprint density at radius 3 is 2.25 bits per heavy atom. The molecule has 0 bridgehead atoms. The van der Waals surface area contributed by atoms with Gasteiger partial charge in [-0.3, -0.25) is 0 Å². The van der Waals surface area contributed by atoms with Gasteiger partial charge in [-0.15, -0.1) is 0 Å². The highest BCUT2D eigenvalue weighted by Crippen LogP contribution is 2.41. The summed E-state index contributed by atoms with van der Waals surface area (Å²) in [6.07, 6.45) is 0. The second-order valence-electron chi connectivity index (χ2n) is 6.68. The van der Waals surface area contributed by atoms with E-state index in [1.165, 1.54) is 26.8 Å². The maximum atomic E-state index is 5.66. The second-order valence-corrected chi connectivity index (χ2v) is 7.76. The van der Waals surface area contributed by atoms with Crippen LogP contribution in [-0.2, 0) is 0 Å². The molecule has 0 amide bonds. The number of fused-ring (bicyclic) bond motifs is 1. The molecule has 2 nitrogen and oxygen atoms in total. The van der Waals surface area contributed by atoms with Gasteiger partial charge in [0.1, 0.15) is 11.5 Å². The van der Waals surface area contributed by atoms with E-state index >= 15 is 0 Å². The number of hydrogen-bond donors (Lipinski definition) is 0. The minimum atomic E-state index is 0.864.